The predicted octanol–water partition coefficient (Wildman–Crippen LogP) is 4.33. The molecule has 0 fully saturated rings. The summed E-state index contributed by atoms with van der Waals surface area (Å²) in [5, 5.41) is 0.965. The van der Waals surface area contributed by atoms with E-state index in [9.17, 15) is 9.59 Å². The highest BCUT2D eigenvalue weighted by Crippen LogP contribution is 2.24. The molecule has 1 heterocycles. The number of aromatic nitrogens is 1. The maximum Gasteiger partial charge on any atom is 0.253 e. The predicted molar refractivity (Wildman–Crippen MR) is 107 cm³/mol. The summed E-state index contributed by atoms with van der Waals surface area (Å²) in [6, 6.07) is 15.6. The van der Waals surface area contributed by atoms with E-state index < -0.39 is 0 Å². The van der Waals surface area contributed by atoms with Crippen LogP contribution < -0.4 is 10.5 Å². The number of carbonyl (C=O) groups excluding carboxylic acids is 1. The normalized spacial score (nSPS) is 11.1. The van der Waals surface area contributed by atoms with Gasteiger partial charge in [-0.25, -0.2) is 0 Å². The third-order valence-electron chi connectivity index (χ3n) is 4.57. The van der Waals surface area contributed by atoms with Gasteiger partial charge in [0.25, 0.3) is 5.56 Å². The molecule has 0 saturated carbocycles. The Morgan fingerprint density at radius 3 is 2.50 bits per heavy atom. The number of rotatable bonds is 4. The molecular formula is C22H24N2O2. The number of carbonyl (C=O) groups is 1. The van der Waals surface area contributed by atoms with Crippen LogP contribution in [0.25, 0.3) is 10.9 Å². The molecule has 3 rings (SSSR count). The Balaban J connectivity index is 2.07. The largest absolute Gasteiger partial charge is 0.322 e. The van der Waals surface area contributed by atoms with E-state index in [-0.39, 0.29) is 23.9 Å². The van der Waals surface area contributed by atoms with Crippen molar-refractivity contribution in [2.24, 2.45) is 5.92 Å². The Labute approximate surface area is 153 Å². The Bertz CT molecular complexity index is 1020. The van der Waals surface area contributed by atoms with E-state index in [4.69, 9.17) is 0 Å². The van der Waals surface area contributed by atoms with Gasteiger partial charge in [0, 0.05) is 22.7 Å². The number of pyridine rings is 1. The Morgan fingerprint density at radius 1 is 1.08 bits per heavy atom. The van der Waals surface area contributed by atoms with Crippen LogP contribution in [-0.4, -0.2) is 10.9 Å². The van der Waals surface area contributed by atoms with E-state index in [0.717, 1.165) is 27.7 Å². The summed E-state index contributed by atoms with van der Waals surface area (Å²) in [7, 11) is 0. The van der Waals surface area contributed by atoms with Crippen molar-refractivity contribution in [1.82, 2.24) is 4.98 Å². The molecule has 2 aromatic carbocycles. The fourth-order valence-electron chi connectivity index (χ4n) is 3.11. The van der Waals surface area contributed by atoms with Gasteiger partial charge in [0.1, 0.15) is 0 Å². The lowest BCUT2D eigenvalue weighted by Crippen LogP contribution is -2.36. The molecule has 0 radical (unpaired) electrons. The molecule has 0 unspecified atom stereocenters. The molecule has 4 heteroatoms. The van der Waals surface area contributed by atoms with Gasteiger partial charge in [-0.15, -0.1) is 0 Å². The molecule has 0 aliphatic carbocycles. The Kier molecular flexibility index (Phi) is 4.94. The van der Waals surface area contributed by atoms with Crippen molar-refractivity contribution >= 4 is 22.5 Å². The minimum atomic E-state index is -0.156. The second kappa shape index (κ2) is 7.16. The van der Waals surface area contributed by atoms with Crippen LogP contribution in [0.15, 0.2) is 53.3 Å². The molecule has 0 bridgehead atoms. The molecule has 0 atom stereocenters. The van der Waals surface area contributed by atoms with E-state index in [0.29, 0.717) is 5.56 Å². The summed E-state index contributed by atoms with van der Waals surface area (Å²) >= 11 is 0. The zero-order valence-corrected chi connectivity index (χ0v) is 15.7. The highest BCUT2D eigenvalue weighted by molar-refractivity contribution is 5.95. The van der Waals surface area contributed by atoms with Crippen LogP contribution in [0.5, 0.6) is 0 Å². The molecule has 0 saturated heterocycles. The van der Waals surface area contributed by atoms with Crippen LogP contribution in [0, 0.1) is 19.8 Å². The third-order valence-corrected chi connectivity index (χ3v) is 4.57. The zero-order valence-electron chi connectivity index (χ0n) is 15.7. The number of anilines is 1. The first kappa shape index (κ1) is 17.9. The van der Waals surface area contributed by atoms with Gasteiger partial charge in [-0.3, -0.25) is 9.59 Å². The summed E-state index contributed by atoms with van der Waals surface area (Å²) in [6.07, 6.45) is 0. The van der Waals surface area contributed by atoms with E-state index in [1.54, 1.807) is 4.90 Å². The number of aromatic amines is 1. The summed E-state index contributed by atoms with van der Waals surface area (Å²) in [5.74, 6) is -0.153. The van der Waals surface area contributed by atoms with Crippen molar-refractivity contribution < 1.29 is 4.79 Å². The SMILES string of the molecule is Cc1ccc2cc(CN(C(=O)C(C)C)c3ccccc3C)c(=O)[nH]c2c1. The van der Waals surface area contributed by atoms with Gasteiger partial charge in [-0.1, -0.05) is 44.2 Å². The number of hydrogen-bond donors (Lipinski definition) is 1. The minimum Gasteiger partial charge on any atom is -0.322 e. The maximum absolute atomic E-state index is 12.8. The first-order valence-electron chi connectivity index (χ1n) is 8.86. The van der Waals surface area contributed by atoms with Gasteiger partial charge in [-0.05, 0) is 48.6 Å². The minimum absolute atomic E-state index is 0.00250. The lowest BCUT2D eigenvalue weighted by molar-refractivity contribution is -0.121. The number of nitrogens with zero attached hydrogens (tertiary/aromatic N) is 1. The van der Waals surface area contributed by atoms with E-state index in [2.05, 4.69) is 4.98 Å². The second-order valence-corrected chi connectivity index (χ2v) is 7.08. The fraction of sp³-hybridized carbons (Fsp3) is 0.273. The standard InChI is InChI=1S/C22H24N2O2/c1-14(2)22(26)24(20-8-6-5-7-16(20)4)13-18-12-17-10-9-15(3)11-19(17)23-21(18)25/h5-12,14H,13H2,1-4H3,(H,23,25). The highest BCUT2D eigenvalue weighted by atomic mass is 16.2. The molecule has 1 N–H and O–H groups in total. The summed E-state index contributed by atoms with van der Waals surface area (Å²) in [6.45, 7) is 7.97. The molecule has 134 valence electrons. The first-order chi connectivity index (χ1) is 12.4. The van der Waals surface area contributed by atoms with Crippen molar-refractivity contribution in [3.8, 4) is 0 Å². The van der Waals surface area contributed by atoms with Gasteiger partial charge in [-0.2, -0.15) is 0 Å². The number of fused-ring (bicyclic) bond motifs is 1. The maximum atomic E-state index is 12.8. The highest BCUT2D eigenvalue weighted by Gasteiger charge is 2.21. The molecule has 0 aliphatic rings. The number of benzene rings is 2. The van der Waals surface area contributed by atoms with Crippen LogP contribution in [0.2, 0.25) is 0 Å². The number of H-pyrrole nitrogens is 1. The summed E-state index contributed by atoms with van der Waals surface area (Å²) < 4.78 is 0. The lowest BCUT2D eigenvalue weighted by Gasteiger charge is -2.26. The molecule has 1 amide bonds. The Hall–Kier alpha value is -2.88. The number of aryl methyl sites for hydroxylation is 2. The van der Waals surface area contributed by atoms with E-state index in [1.807, 2.05) is 76.2 Å². The zero-order chi connectivity index (χ0) is 18.8. The smallest absolute Gasteiger partial charge is 0.253 e. The number of amides is 1. The fourth-order valence-corrected chi connectivity index (χ4v) is 3.11. The van der Waals surface area contributed by atoms with E-state index in [1.165, 1.54) is 0 Å². The molecule has 26 heavy (non-hydrogen) atoms. The van der Waals surface area contributed by atoms with Crippen molar-refractivity contribution in [2.75, 3.05) is 4.90 Å². The van der Waals surface area contributed by atoms with Crippen LogP contribution in [0.1, 0.15) is 30.5 Å². The average molecular weight is 348 g/mol. The van der Waals surface area contributed by atoms with Crippen LogP contribution in [0.3, 0.4) is 0 Å². The molecule has 4 nitrogen and oxygen atoms in total. The summed E-state index contributed by atoms with van der Waals surface area (Å²) in [5.41, 5.74) is 4.19. The topological polar surface area (TPSA) is 53.2 Å². The number of hydrogen-bond acceptors (Lipinski definition) is 2. The third kappa shape index (κ3) is 3.54. The van der Waals surface area contributed by atoms with E-state index >= 15 is 0 Å². The molecule has 0 spiro atoms. The molecule has 3 aromatic rings. The quantitative estimate of drug-likeness (QED) is 0.763. The van der Waals surface area contributed by atoms with Crippen LogP contribution in [-0.2, 0) is 11.3 Å². The van der Waals surface area contributed by atoms with Crippen molar-refractivity contribution in [3.05, 3.63) is 75.6 Å². The lowest BCUT2D eigenvalue weighted by atomic mass is 10.1. The van der Waals surface area contributed by atoms with Gasteiger partial charge < -0.3 is 9.88 Å². The van der Waals surface area contributed by atoms with Gasteiger partial charge in [0.05, 0.1) is 6.54 Å². The van der Waals surface area contributed by atoms with Crippen LogP contribution in [0.4, 0.5) is 5.69 Å². The van der Waals surface area contributed by atoms with Gasteiger partial charge in [0.15, 0.2) is 0 Å². The molecule has 0 aliphatic heterocycles. The van der Waals surface area contributed by atoms with Gasteiger partial charge >= 0.3 is 0 Å². The monoisotopic (exact) mass is 348 g/mol. The summed E-state index contributed by atoms with van der Waals surface area (Å²) in [4.78, 5) is 30.1. The molecular weight excluding hydrogens is 324 g/mol. The van der Waals surface area contributed by atoms with Crippen molar-refractivity contribution in [2.45, 2.75) is 34.2 Å². The van der Waals surface area contributed by atoms with Crippen LogP contribution >= 0.6 is 0 Å². The van der Waals surface area contributed by atoms with Gasteiger partial charge in [0.2, 0.25) is 5.91 Å². The second-order valence-electron chi connectivity index (χ2n) is 7.08. The van der Waals surface area contributed by atoms with Crippen molar-refractivity contribution in [1.29, 1.82) is 0 Å². The Morgan fingerprint density at radius 2 is 1.81 bits per heavy atom. The van der Waals surface area contributed by atoms with Crippen molar-refractivity contribution in [3.63, 3.8) is 0 Å². The molecule has 1 aromatic heterocycles. The first-order valence-corrected chi connectivity index (χ1v) is 8.86. The average Bonchev–Trinajstić information content (AvgIpc) is 2.60. The number of para-hydroxylation sites is 1. The number of nitrogens with one attached hydrogen (secondary N) is 1.